The number of rotatable bonds is 7. The largest absolute Gasteiger partial charge is 0.343 e. The van der Waals surface area contributed by atoms with Crippen LogP contribution in [0.1, 0.15) is 28.9 Å². The third-order valence-corrected chi connectivity index (χ3v) is 4.45. The van der Waals surface area contributed by atoms with E-state index in [1.807, 2.05) is 19.1 Å². The molecular formula is C21H22N6O3. The SMILES string of the molecule is Cc1ccccc1C(=O)NCC(=O)Nc1ccc(NC(=O)C(C)n2cncn2)cc1. The molecule has 0 aliphatic heterocycles. The van der Waals surface area contributed by atoms with E-state index in [2.05, 4.69) is 26.0 Å². The van der Waals surface area contributed by atoms with Gasteiger partial charge in [-0.1, -0.05) is 18.2 Å². The lowest BCUT2D eigenvalue weighted by Gasteiger charge is -2.13. The van der Waals surface area contributed by atoms with Gasteiger partial charge in [0.05, 0.1) is 6.54 Å². The lowest BCUT2D eigenvalue weighted by atomic mass is 10.1. The van der Waals surface area contributed by atoms with Crippen molar-refractivity contribution in [3.63, 3.8) is 0 Å². The number of carbonyl (C=O) groups excluding carboxylic acids is 3. The minimum Gasteiger partial charge on any atom is -0.343 e. The Labute approximate surface area is 173 Å². The monoisotopic (exact) mass is 406 g/mol. The van der Waals surface area contributed by atoms with Gasteiger partial charge in [-0.05, 0) is 49.7 Å². The standard InChI is InChI=1S/C21H22N6O3/c1-14-5-3-4-6-18(14)21(30)23-11-19(28)25-16-7-9-17(10-8-16)26-20(29)15(2)27-13-22-12-24-27/h3-10,12-13,15H,11H2,1-2H3,(H,23,30)(H,25,28)(H,26,29). The molecule has 3 rings (SSSR count). The van der Waals surface area contributed by atoms with Gasteiger partial charge in [-0.15, -0.1) is 0 Å². The highest BCUT2D eigenvalue weighted by Gasteiger charge is 2.15. The summed E-state index contributed by atoms with van der Waals surface area (Å²) in [5.74, 6) is -0.896. The van der Waals surface area contributed by atoms with Gasteiger partial charge in [0.15, 0.2) is 0 Å². The van der Waals surface area contributed by atoms with E-state index in [1.54, 1.807) is 43.3 Å². The first kappa shape index (κ1) is 20.7. The predicted molar refractivity (Wildman–Crippen MR) is 112 cm³/mol. The summed E-state index contributed by atoms with van der Waals surface area (Å²) in [4.78, 5) is 40.4. The molecule has 0 aliphatic rings. The molecule has 9 heteroatoms. The van der Waals surface area contributed by atoms with Crippen LogP contribution in [-0.4, -0.2) is 39.0 Å². The summed E-state index contributed by atoms with van der Waals surface area (Å²) in [6.07, 6.45) is 2.84. The van der Waals surface area contributed by atoms with E-state index >= 15 is 0 Å². The molecule has 0 spiro atoms. The first-order valence-corrected chi connectivity index (χ1v) is 9.33. The zero-order chi connectivity index (χ0) is 21.5. The van der Waals surface area contributed by atoms with Crippen LogP contribution in [0.15, 0.2) is 61.2 Å². The number of anilines is 2. The van der Waals surface area contributed by atoms with Crippen LogP contribution < -0.4 is 16.0 Å². The molecule has 0 bridgehead atoms. The van der Waals surface area contributed by atoms with Crippen molar-refractivity contribution >= 4 is 29.1 Å². The highest BCUT2D eigenvalue weighted by molar-refractivity contribution is 6.00. The first-order valence-electron chi connectivity index (χ1n) is 9.33. The Morgan fingerprint density at radius 1 is 1.00 bits per heavy atom. The molecule has 3 amide bonds. The van der Waals surface area contributed by atoms with Crippen LogP contribution in [-0.2, 0) is 9.59 Å². The maximum atomic E-state index is 12.3. The number of hydrogen-bond donors (Lipinski definition) is 3. The van der Waals surface area contributed by atoms with Gasteiger partial charge in [0.25, 0.3) is 5.91 Å². The fourth-order valence-corrected chi connectivity index (χ4v) is 2.71. The van der Waals surface area contributed by atoms with E-state index in [0.717, 1.165) is 5.56 Å². The van der Waals surface area contributed by atoms with E-state index in [1.165, 1.54) is 17.3 Å². The van der Waals surface area contributed by atoms with Crippen molar-refractivity contribution in [1.29, 1.82) is 0 Å². The third kappa shape index (κ3) is 5.28. The Kier molecular flexibility index (Phi) is 6.53. The molecule has 2 aromatic carbocycles. The fraction of sp³-hybridized carbons (Fsp3) is 0.190. The number of aryl methyl sites for hydroxylation is 1. The van der Waals surface area contributed by atoms with E-state index in [0.29, 0.717) is 16.9 Å². The minimum atomic E-state index is -0.510. The van der Waals surface area contributed by atoms with Crippen molar-refractivity contribution in [2.45, 2.75) is 19.9 Å². The molecule has 1 unspecified atom stereocenters. The van der Waals surface area contributed by atoms with Crippen LogP contribution >= 0.6 is 0 Å². The molecule has 3 aromatic rings. The Morgan fingerprint density at radius 2 is 1.67 bits per heavy atom. The van der Waals surface area contributed by atoms with Gasteiger partial charge in [-0.3, -0.25) is 14.4 Å². The van der Waals surface area contributed by atoms with Crippen molar-refractivity contribution in [3.05, 3.63) is 72.3 Å². The number of amides is 3. The normalized spacial score (nSPS) is 11.4. The molecule has 0 radical (unpaired) electrons. The van der Waals surface area contributed by atoms with Gasteiger partial charge in [-0.2, -0.15) is 5.10 Å². The highest BCUT2D eigenvalue weighted by atomic mass is 16.2. The third-order valence-electron chi connectivity index (χ3n) is 4.45. The van der Waals surface area contributed by atoms with E-state index in [9.17, 15) is 14.4 Å². The summed E-state index contributed by atoms with van der Waals surface area (Å²) in [6, 6.07) is 13.3. The van der Waals surface area contributed by atoms with Gasteiger partial charge in [0, 0.05) is 16.9 Å². The topological polar surface area (TPSA) is 118 Å². The Morgan fingerprint density at radius 3 is 2.30 bits per heavy atom. The second-order valence-electron chi connectivity index (χ2n) is 6.66. The molecule has 0 aliphatic carbocycles. The number of nitrogens with zero attached hydrogens (tertiary/aromatic N) is 3. The summed E-state index contributed by atoms with van der Waals surface area (Å²) >= 11 is 0. The second-order valence-corrected chi connectivity index (χ2v) is 6.66. The molecule has 1 heterocycles. The molecule has 9 nitrogen and oxygen atoms in total. The van der Waals surface area contributed by atoms with Gasteiger partial charge < -0.3 is 16.0 Å². The van der Waals surface area contributed by atoms with Crippen LogP contribution in [0, 0.1) is 6.92 Å². The number of nitrogens with one attached hydrogen (secondary N) is 3. The van der Waals surface area contributed by atoms with Gasteiger partial charge in [-0.25, -0.2) is 9.67 Å². The lowest BCUT2D eigenvalue weighted by Crippen LogP contribution is -2.33. The average molecular weight is 406 g/mol. The highest BCUT2D eigenvalue weighted by Crippen LogP contribution is 2.15. The van der Waals surface area contributed by atoms with Gasteiger partial charge in [0.2, 0.25) is 11.8 Å². The summed E-state index contributed by atoms with van der Waals surface area (Å²) in [5, 5.41) is 12.0. The summed E-state index contributed by atoms with van der Waals surface area (Å²) in [7, 11) is 0. The van der Waals surface area contributed by atoms with Crippen LogP contribution in [0.3, 0.4) is 0 Å². The van der Waals surface area contributed by atoms with Crippen LogP contribution in [0.5, 0.6) is 0 Å². The maximum absolute atomic E-state index is 12.3. The van der Waals surface area contributed by atoms with E-state index in [-0.39, 0.29) is 24.3 Å². The van der Waals surface area contributed by atoms with Crippen molar-refractivity contribution in [3.8, 4) is 0 Å². The molecule has 154 valence electrons. The molecule has 0 saturated heterocycles. The molecule has 30 heavy (non-hydrogen) atoms. The first-order chi connectivity index (χ1) is 14.4. The molecule has 0 fully saturated rings. The van der Waals surface area contributed by atoms with Crippen molar-refractivity contribution in [2.75, 3.05) is 17.2 Å². The zero-order valence-electron chi connectivity index (χ0n) is 16.6. The average Bonchev–Trinajstić information content (AvgIpc) is 3.28. The van der Waals surface area contributed by atoms with Gasteiger partial charge >= 0.3 is 0 Å². The molecule has 3 N–H and O–H groups in total. The maximum Gasteiger partial charge on any atom is 0.251 e. The van der Waals surface area contributed by atoms with Crippen molar-refractivity contribution in [2.24, 2.45) is 0 Å². The Balaban J connectivity index is 1.49. The molecule has 1 aromatic heterocycles. The quantitative estimate of drug-likeness (QED) is 0.556. The van der Waals surface area contributed by atoms with Crippen molar-refractivity contribution < 1.29 is 14.4 Å². The molecular weight excluding hydrogens is 384 g/mol. The molecule has 0 saturated carbocycles. The number of hydrogen-bond acceptors (Lipinski definition) is 5. The smallest absolute Gasteiger partial charge is 0.251 e. The summed E-state index contributed by atoms with van der Waals surface area (Å²) < 4.78 is 1.45. The van der Waals surface area contributed by atoms with Gasteiger partial charge in [0.1, 0.15) is 18.7 Å². The fourth-order valence-electron chi connectivity index (χ4n) is 2.71. The zero-order valence-corrected chi connectivity index (χ0v) is 16.6. The Hall–Kier alpha value is -4.01. The molecule has 1 atom stereocenters. The minimum absolute atomic E-state index is 0.152. The number of benzene rings is 2. The van der Waals surface area contributed by atoms with E-state index in [4.69, 9.17) is 0 Å². The number of aromatic nitrogens is 3. The summed E-state index contributed by atoms with van der Waals surface area (Å²) in [6.45, 7) is 3.40. The second kappa shape index (κ2) is 9.46. The van der Waals surface area contributed by atoms with Crippen molar-refractivity contribution in [1.82, 2.24) is 20.1 Å². The van der Waals surface area contributed by atoms with Crippen LogP contribution in [0.4, 0.5) is 11.4 Å². The van der Waals surface area contributed by atoms with E-state index < -0.39 is 6.04 Å². The predicted octanol–water partition coefficient (Wildman–Crippen LogP) is 2.15. The van der Waals surface area contributed by atoms with Crippen LogP contribution in [0.2, 0.25) is 0 Å². The number of carbonyl (C=O) groups is 3. The van der Waals surface area contributed by atoms with Crippen LogP contribution in [0.25, 0.3) is 0 Å². The Bertz CT molecular complexity index is 1030. The lowest BCUT2D eigenvalue weighted by molar-refractivity contribution is -0.119. The summed E-state index contributed by atoms with van der Waals surface area (Å²) in [5.41, 5.74) is 2.50.